The van der Waals surface area contributed by atoms with Crippen LogP contribution in [0.2, 0.25) is 0 Å². The van der Waals surface area contributed by atoms with E-state index in [4.69, 9.17) is 5.11 Å². The molecule has 1 aromatic carbocycles. The van der Waals surface area contributed by atoms with E-state index in [0.717, 1.165) is 37.9 Å². The lowest BCUT2D eigenvalue weighted by Crippen LogP contribution is -1.97. The van der Waals surface area contributed by atoms with Crippen molar-refractivity contribution < 1.29 is 14.7 Å². The van der Waals surface area contributed by atoms with Crippen molar-refractivity contribution in [2.45, 2.75) is 44.9 Å². The third-order valence-corrected chi connectivity index (χ3v) is 4.03. The van der Waals surface area contributed by atoms with Crippen LogP contribution in [0.1, 0.15) is 44.1 Å². The monoisotopic (exact) mass is 294 g/mol. The Morgan fingerprint density at radius 3 is 2.35 bits per heavy atom. The molecular formula is C16H22O3S. The quantitative estimate of drug-likeness (QED) is 0.665. The topological polar surface area (TPSA) is 54.4 Å². The van der Waals surface area contributed by atoms with Crippen LogP contribution in [-0.2, 0) is 16.0 Å². The minimum absolute atomic E-state index is 0.249. The van der Waals surface area contributed by atoms with Gasteiger partial charge in [-0.3, -0.25) is 9.59 Å². The van der Waals surface area contributed by atoms with Crippen LogP contribution in [0.5, 0.6) is 0 Å². The van der Waals surface area contributed by atoms with E-state index in [0.29, 0.717) is 6.42 Å². The van der Waals surface area contributed by atoms with Gasteiger partial charge in [0.2, 0.25) is 0 Å². The number of carbonyl (C=O) groups excluding carboxylic acids is 1. The Hall–Kier alpha value is -1.29. The molecule has 0 heterocycles. The highest BCUT2D eigenvalue weighted by Gasteiger charge is 2.03. The van der Waals surface area contributed by atoms with Gasteiger partial charge in [0, 0.05) is 18.6 Å². The summed E-state index contributed by atoms with van der Waals surface area (Å²) in [5.41, 5.74) is 1.20. The van der Waals surface area contributed by atoms with Gasteiger partial charge in [-0.25, -0.2) is 0 Å². The summed E-state index contributed by atoms with van der Waals surface area (Å²) in [4.78, 5) is 22.0. The first-order valence-electron chi connectivity index (χ1n) is 7.10. The highest BCUT2D eigenvalue weighted by atomic mass is 32.2. The summed E-state index contributed by atoms with van der Waals surface area (Å²) < 4.78 is 0. The second kappa shape index (κ2) is 10.5. The van der Waals surface area contributed by atoms with E-state index in [1.807, 2.05) is 30.3 Å². The van der Waals surface area contributed by atoms with Crippen LogP contribution < -0.4 is 0 Å². The smallest absolute Gasteiger partial charge is 0.303 e. The van der Waals surface area contributed by atoms with E-state index >= 15 is 0 Å². The molecule has 20 heavy (non-hydrogen) atoms. The molecule has 0 aliphatic carbocycles. The first kappa shape index (κ1) is 16.8. The molecule has 1 rings (SSSR count). The van der Waals surface area contributed by atoms with Crippen molar-refractivity contribution in [3.05, 3.63) is 35.9 Å². The van der Waals surface area contributed by atoms with E-state index in [9.17, 15) is 9.59 Å². The number of aliphatic carboxylic acids is 1. The van der Waals surface area contributed by atoms with E-state index < -0.39 is 5.97 Å². The number of hydrogen-bond acceptors (Lipinski definition) is 3. The molecule has 4 heteroatoms. The Labute approximate surface area is 124 Å². The molecule has 3 nitrogen and oxygen atoms in total. The molecule has 0 bridgehead atoms. The lowest BCUT2D eigenvalue weighted by Gasteiger charge is -2.02. The molecule has 1 N–H and O–H groups in total. The normalized spacial score (nSPS) is 10.4. The van der Waals surface area contributed by atoms with Crippen molar-refractivity contribution in [2.24, 2.45) is 0 Å². The van der Waals surface area contributed by atoms with Crippen molar-refractivity contribution in [2.75, 3.05) is 5.75 Å². The number of carboxylic acid groups (broad SMARTS) is 1. The highest BCUT2D eigenvalue weighted by molar-refractivity contribution is 8.13. The van der Waals surface area contributed by atoms with Crippen molar-refractivity contribution in [3.63, 3.8) is 0 Å². The molecule has 0 saturated heterocycles. The predicted octanol–water partition coefficient (Wildman–Crippen LogP) is 3.91. The van der Waals surface area contributed by atoms with Gasteiger partial charge in [-0.1, -0.05) is 54.9 Å². The van der Waals surface area contributed by atoms with Gasteiger partial charge in [0.15, 0.2) is 5.12 Å². The molecule has 1 aromatic rings. The number of carboxylic acids is 1. The molecule has 0 aliphatic rings. The average Bonchev–Trinajstić information content (AvgIpc) is 2.45. The van der Waals surface area contributed by atoms with Gasteiger partial charge in [-0.15, -0.1) is 0 Å². The maximum atomic E-state index is 11.7. The summed E-state index contributed by atoms with van der Waals surface area (Å²) in [6.07, 6.45) is 5.32. The van der Waals surface area contributed by atoms with Crippen LogP contribution in [0.25, 0.3) is 0 Å². The van der Waals surface area contributed by atoms with Gasteiger partial charge < -0.3 is 5.11 Å². The van der Waals surface area contributed by atoms with Gasteiger partial charge in [-0.05, 0) is 24.8 Å². The number of benzene rings is 1. The van der Waals surface area contributed by atoms with Crippen molar-refractivity contribution in [1.29, 1.82) is 0 Å². The highest BCUT2D eigenvalue weighted by Crippen LogP contribution is 2.13. The zero-order valence-corrected chi connectivity index (χ0v) is 12.5. The lowest BCUT2D eigenvalue weighted by molar-refractivity contribution is -0.137. The average molecular weight is 294 g/mol. The summed E-state index contributed by atoms with van der Waals surface area (Å²) in [6, 6.07) is 10.0. The zero-order valence-electron chi connectivity index (χ0n) is 11.7. The Bertz CT molecular complexity index is 403. The second-order valence-corrected chi connectivity index (χ2v) is 5.92. The van der Waals surface area contributed by atoms with Crippen molar-refractivity contribution in [1.82, 2.24) is 0 Å². The number of hydrogen-bond donors (Lipinski definition) is 1. The Balaban J connectivity index is 1.96. The Morgan fingerprint density at radius 2 is 1.65 bits per heavy atom. The summed E-state index contributed by atoms with van der Waals surface area (Å²) in [5, 5.41) is 8.74. The number of aryl methyl sites for hydroxylation is 1. The van der Waals surface area contributed by atoms with Crippen LogP contribution in [0.4, 0.5) is 0 Å². The van der Waals surface area contributed by atoms with E-state index in [2.05, 4.69) is 0 Å². The maximum Gasteiger partial charge on any atom is 0.303 e. The van der Waals surface area contributed by atoms with Crippen LogP contribution in [0.3, 0.4) is 0 Å². The third-order valence-electron chi connectivity index (χ3n) is 3.01. The van der Waals surface area contributed by atoms with Crippen LogP contribution in [0, 0.1) is 0 Å². The third kappa shape index (κ3) is 8.75. The molecule has 0 radical (unpaired) electrons. The molecular weight excluding hydrogens is 272 g/mol. The lowest BCUT2D eigenvalue weighted by atomic mass is 10.1. The molecule has 110 valence electrons. The van der Waals surface area contributed by atoms with Crippen LogP contribution >= 0.6 is 11.8 Å². The van der Waals surface area contributed by atoms with Gasteiger partial charge >= 0.3 is 5.97 Å². The van der Waals surface area contributed by atoms with E-state index in [1.165, 1.54) is 17.3 Å². The second-order valence-electron chi connectivity index (χ2n) is 4.76. The summed E-state index contributed by atoms with van der Waals surface area (Å²) in [6.45, 7) is 0. The fourth-order valence-corrected chi connectivity index (χ4v) is 2.70. The molecule has 0 spiro atoms. The first-order valence-corrected chi connectivity index (χ1v) is 8.08. The standard InChI is InChI=1S/C16H22O3S/c17-15(18)10-6-1-2-7-13-20-16(19)12-11-14-8-4-3-5-9-14/h3-5,8-9H,1-2,6-7,10-13H2,(H,17,18). The first-order chi connectivity index (χ1) is 9.68. The molecule has 0 aliphatic heterocycles. The predicted molar refractivity (Wildman–Crippen MR) is 82.9 cm³/mol. The summed E-state index contributed by atoms with van der Waals surface area (Å²) in [7, 11) is 0. The van der Waals surface area contributed by atoms with Gasteiger partial charge in [0.25, 0.3) is 0 Å². The Morgan fingerprint density at radius 1 is 0.950 bits per heavy atom. The van der Waals surface area contributed by atoms with Crippen molar-refractivity contribution >= 4 is 22.8 Å². The molecule has 0 saturated carbocycles. The number of unbranched alkanes of at least 4 members (excludes halogenated alkanes) is 3. The number of thioether (sulfide) groups is 1. The van der Waals surface area contributed by atoms with E-state index in [1.54, 1.807) is 0 Å². The number of rotatable bonds is 10. The molecule has 0 fully saturated rings. The minimum Gasteiger partial charge on any atom is -0.481 e. The Kier molecular flexibility index (Phi) is 8.79. The summed E-state index contributed by atoms with van der Waals surface area (Å²) >= 11 is 1.40. The SMILES string of the molecule is O=C(O)CCCCCCSC(=O)CCc1ccccc1. The van der Waals surface area contributed by atoms with Gasteiger partial charge in [0.1, 0.15) is 0 Å². The van der Waals surface area contributed by atoms with Crippen LogP contribution in [0.15, 0.2) is 30.3 Å². The maximum absolute atomic E-state index is 11.7. The molecule has 0 aromatic heterocycles. The minimum atomic E-state index is -0.726. The molecule has 0 unspecified atom stereocenters. The van der Waals surface area contributed by atoms with E-state index in [-0.39, 0.29) is 11.5 Å². The number of carbonyl (C=O) groups is 2. The fraction of sp³-hybridized carbons (Fsp3) is 0.500. The van der Waals surface area contributed by atoms with Crippen molar-refractivity contribution in [3.8, 4) is 0 Å². The summed E-state index contributed by atoms with van der Waals surface area (Å²) in [5.74, 6) is 0.121. The largest absolute Gasteiger partial charge is 0.481 e. The van der Waals surface area contributed by atoms with Gasteiger partial charge in [0.05, 0.1) is 0 Å². The molecule has 0 atom stereocenters. The zero-order chi connectivity index (χ0) is 14.6. The van der Waals surface area contributed by atoms with Gasteiger partial charge in [-0.2, -0.15) is 0 Å². The molecule has 0 amide bonds. The van der Waals surface area contributed by atoms with Crippen LogP contribution in [-0.4, -0.2) is 21.9 Å². The fourth-order valence-electron chi connectivity index (χ4n) is 1.88.